The van der Waals surface area contributed by atoms with Gasteiger partial charge in [-0.25, -0.2) is 4.98 Å². The highest BCUT2D eigenvalue weighted by atomic mass is 16.5. The van der Waals surface area contributed by atoms with Crippen LogP contribution in [0.15, 0.2) is 42.6 Å². The summed E-state index contributed by atoms with van der Waals surface area (Å²) in [6.45, 7) is 2.11. The highest BCUT2D eigenvalue weighted by Crippen LogP contribution is 2.24. The van der Waals surface area contributed by atoms with E-state index in [-0.39, 0.29) is 0 Å². The standard InChI is InChI=1S/C13H14N2O/c1-2-10-5-3-6-11(9-10)16-13-12(14)7-4-8-15-13/h3-9H,2,14H2,1H3. The molecule has 1 aromatic heterocycles. The van der Waals surface area contributed by atoms with Gasteiger partial charge in [0.15, 0.2) is 0 Å². The first-order valence-electron chi connectivity index (χ1n) is 5.27. The fourth-order valence-corrected chi connectivity index (χ4v) is 1.43. The van der Waals surface area contributed by atoms with Gasteiger partial charge in [-0.2, -0.15) is 0 Å². The van der Waals surface area contributed by atoms with Crippen molar-refractivity contribution in [3.63, 3.8) is 0 Å². The number of nitrogen functional groups attached to an aromatic ring is 1. The number of aryl methyl sites for hydroxylation is 1. The number of aromatic nitrogens is 1. The molecule has 1 heterocycles. The SMILES string of the molecule is CCc1cccc(Oc2ncccc2N)c1. The number of nitrogens with two attached hydrogens (primary N) is 1. The Labute approximate surface area is 94.9 Å². The summed E-state index contributed by atoms with van der Waals surface area (Å²) in [5.74, 6) is 1.22. The maximum absolute atomic E-state index is 5.75. The third-order valence-corrected chi connectivity index (χ3v) is 2.32. The lowest BCUT2D eigenvalue weighted by Crippen LogP contribution is -1.94. The highest BCUT2D eigenvalue weighted by molar-refractivity contribution is 5.49. The molecule has 82 valence electrons. The van der Waals surface area contributed by atoms with E-state index in [1.54, 1.807) is 18.3 Å². The smallest absolute Gasteiger partial charge is 0.242 e. The summed E-state index contributed by atoms with van der Waals surface area (Å²) in [5, 5.41) is 0. The van der Waals surface area contributed by atoms with E-state index in [4.69, 9.17) is 10.5 Å². The molecule has 0 saturated carbocycles. The Morgan fingerprint density at radius 3 is 2.88 bits per heavy atom. The average Bonchev–Trinajstić information content (AvgIpc) is 2.32. The van der Waals surface area contributed by atoms with Gasteiger partial charge in [-0.3, -0.25) is 0 Å². The molecule has 0 saturated heterocycles. The summed E-state index contributed by atoms with van der Waals surface area (Å²) in [6.07, 6.45) is 2.64. The minimum absolute atomic E-state index is 0.454. The number of hydrogen-bond donors (Lipinski definition) is 1. The number of nitrogens with zero attached hydrogens (tertiary/aromatic N) is 1. The monoisotopic (exact) mass is 214 g/mol. The number of hydrogen-bond acceptors (Lipinski definition) is 3. The molecule has 0 atom stereocenters. The number of pyridine rings is 1. The molecule has 3 nitrogen and oxygen atoms in total. The van der Waals surface area contributed by atoms with E-state index >= 15 is 0 Å². The van der Waals surface area contributed by atoms with Crippen LogP contribution in [-0.4, -0.2) is 4.98 Å². The van der Waals surface area contributed by atoms with E-state index in [0.717, 1.165) is 12.2 Å². The molecule has 0 spiro atoms. The second-order valence-corrected chi connectivity index (χ2v) is 3.50. The molecule has 2 aromatic rings. The Morgan fingerprint density at radius 2 is 2.12 bits per heavy atom. The number of anilines is 1. The molecule has 0 aliphatic rings. The molecule has 0 fully saturated rings. The molecule has 0 amide bonds. The fourth-order valence-electron chi connectivity index (χ4n) is 1.43. The van der Waals surface area contributed by atoms with Crippen molar-refractivity contribution in [3.8, 4) is 11.6 Å². The van der Waals surface area contributed by atoms with E-state index in [1.165, 1.54) is 5.56 Å². The van der Waals surface area contributed by atoms with Crippen LogP contribution in [0.3, 0.4) is 0 Å². The molecule has 2 N–H and O–H groups in total. The molecule has 0 radical (unpaired) electrons. The molecular weight excluding hydrogens is 200 g/mol. The molecular formula is C13H14N2O. The van der Waals surface area contributed by atoms with Gasteiger partial charge in [0.05, 0.1) is 5.69 Å². The van der Waals surface area contributed by atoms with Crippen molar-refractivity contribution in [2.45, 2.75) is 13.3 Å². The molecule has 16 heavy (non-hydrogen) atoms. The van der Waals surface area contributed by atoms with Crippen LogP contribution in [0.25, 0.3) is 0 Å². The Hall–Kier alpha value is -2.03. The summed E-state index contributed by atoms with van der Waals surface area (Å²) < 4.78 is 5.62. The highest BCUT2D eigenvalue weighted by Gasteiger charge is 2.02. The van der Waals surface area contributed by atoms with Gasteiger partial charge < -0.3 is 10.5 Å². The molecule has 3 heteroatoms. The number of rotatable bonds is 3. The van der Waals surface area contributed by atoms with Gasteiger partial charge in [-0.1, -0.05) is 19.1 Å². The van der Waals surface area contributed by atoms with E-state index in [1.807, 2.05) is 18.2 Å². The second-order valence-electron chi connectivity index (χ2n) is 3.50. The maximum Gasteiger partial charge on any atom is 0.242 e. The Morgan fingerprint density at radius 1 is 1.25 bits per heavy atom. The van der Waals surface area contributed by atoms with Crippen LogP contribution in [0.2, 0.25) is 0 Å². The zero-order chi connectivity index (χ0) is 11.4. The van der Waals surface area contributed by atoms with E-state index < -0.39 is 0 Å². The van der Waals surface area contributed by atoms with Gasteiger partial charge in [-0.05, 0) is 36.2 Å². The fraction of sp³-hybridized carbons (Fsp3) is 0.154. The Bertz CT molecular complexity index is 483. The van der Waals surface area contributed by atoms with Gasteiger partial charge in [0.2, 0.25) is 5.88 Å². The van der Waals surface area contributed by atoms with Crippen LogP contribution in [0, 0.1) is 0 Å². The zero-order valence-electron chi connectivity index (χ0n) is 9.18. The predicted molar refractivity (Wildman–Crippen MR) is 64.5 cm³/mol. The average molecular weight is 214 g/mol. The van der Waals surface area contributed by atoms with Crippen LogP contribution in [0.1, 0.15) is 12.5 Å². The summed E-state index contributed by atoms with van der Waals surface area (Å²) in [7, 11) is 0. The zero-order valence-corrected chi connectivity index (χ0v) is 9.18. The van der Waals surface area contributed by atoms with Crippen molar-refractivity contribution in [1.29, 1.82) is 0 Å². The van der Waals surface area contributed by atoms with Crippen molar-refractivity contribution < 1.29 is 4.74 Å². The summed E-state index contributed by atoms with van der Waals surface area (Å²) in [5.41, 5.74) is 7.53. The van der Waals surface area contributed by atoms with E-state index in [9.17, 15) is 0 Å². The quantitative estimate of drug-likeness (QED) is 0.854. The largest absolute Gasteiger partial charge is 0.437 e. The van der Waals surface area contributed by atoms with Crippen molar-refractivity contribution in [3.05, 3.63) is 48.2 Å². The van der Waals surface area contributed by atoms with E-state index in [0.29, 0.717) is 11.6 Å². The normalized spacial score (nSPS) is 10.1. The van der Waals surface area contributed by atoms with Crippen LogP contribution in [0.4, 0.5) is 5.69 Å². The Kier molecular flexibility index (Phi) is 3.05. The van der Waals surface area contributed by atoms with E-state index in [2.05, 4.69) is 18.0 Å². The van der Waals surface area contributed by atoms with Crippen molar-refractivity contribution in [2.75, 3.05) is 5.73 Å². The molecule has 1 aromatic carbocycles. The summed E-state index contributed by atoms with van der Waals surface area (Å²) in [4.78, 5) is 4.08. The first-order valence-corrected chi connectivity index (χ1v) is 5.27. The maximum atomic E-state index is 5.75. The van der Waals surface area contributed by atoms with Gasteiger partial charge in [-0.15, -0.1) is 0 Å². The number of benzene rings is 1. The lowest BCUT2D eigenvalue weighted by Gasteiger charge is -2.07. The molecule has 2 rings (SSSR count). The minimum Gasteiger partial charge on any atom is -0.437 e. The lowest BCUT2D eigenvalue weighted by atomic mass is 10.2. The predicted octanol–water partition coefficient (Wildman–Crippen LogP) is 3.02. The summed E-state index contributed by atoms with van der Waals surface area (Å²) >= 11 is 0. The minimum atomic E-state index is 0.454. The van der Waals surface area contributed by atoms with Crippen molar-refractivity contribution >= 4 is 5.69 Å². The molecule has 0 aliphatic carbocycles. The third kappa shape index (κ3) is 2.31. The van der Waals surface area contributed by atoms with Gasteiger partial charge in [0, 0.05) is 6.20 Å². The van der Waals surface area contributed by atoms with Gasteiger partial charge in [0.1, 0.15) is 5.75 Å². The first kappa shape index (κ1) is 10.5. The van der Waals surface area contributed by atoms with Crippen LogP contribution in [-0.2, 0) is 6.42 Å². The van der Waals surface area contributed by atoms with Gasteiger partial charge in [0.25, 0.3) is 0 Å². The molecule has 0 aliphatic heterocycles. The van der Waals surface area contributed by atoms with Crippen LogP contribution in [0.5, 0.6) is 11.6 Å². The topological polar surface area (TPSA) is 48.1 Å². The first-order chi connectivity index (χ1) is 7.79. The molecule has 0 bridgehead atoms. The molecule has 0 unspecified atom stereocenters. The van der Waals surface area contributed by atoms with Gasteiger partial charge >= 0.3 is 0 Å². The van der Waals surface area contributed by atoms with Crippen molar-refractivity contribution in [1.82, 2.24) is 4.98 Å². The van der Waals surface area contributed by atoms with Crippen LogP contribution < -0.4 is 10.5 Å². The Balaban J connectivity index is 2.24. The number of ether oxygens (including phenoxy) is 1. The second kappa shape index (κ2) is 4.66. The third-order valence-electron chi connectivity index (χ3n) is 2.32. The van der Waals surface area contributed by atoms with Crippen molar-refractivity contribution in [2.24, 2.45) is 0 Å². The lowest BCUT2D eigenvalue weighted by molar-refractivity contribution is 0.465. The van der Waals surface area contributed by atoms with Crippen LogP contribution >= 0.6 is 0 Å². The summed E-state index contributed by atoms with van der Waals surface area (Å²) in [6, 6.07) is 11.5.